The fourth-order valence-electron chi connectivity index (χ4n) is 9.33. The summed E-state index contributed by atoms with van der Waals surface area (Å²) in [5.41, 5.74) is 9.31. The maximum atomic E-state index is 2.40. The SMILES string of the molecule is C1=C(c2ccc(-c3c4ccccc4c(-c4ccc5ccccc5c4)c4ccccc34)cc2)CC2C(=C1)Sc1c2ccc2ccc3sc4ccccc4c3c12. The Morgan fingerprint density at radius 1 is 0.426 bits per heavy atom. The largest absolute Gasteiger partial charge is 0.135 e. The number of thioether (sulfide) groups is 1. The van der Waals surface area contributed by atoms with E-state index in [2.05, 4.69) is 176 Å². The summed E-state index contributed by atoms with van der Waals surface area (Å²) >= 11 is 3.91. The van der Waals surface area contributed by atoms with Crippen LogP contribution >= 0.6 is 23.1 Å². The lowest BCUT2D eigenvalue weighted by Gasteiger charge is -2.21. The quantitative estimate of drug-likeness (QED) is 0.164. The lowest BCUT2D eigenvalue weighted by atomic mass is 9.83. The Labute approximate surface area is 321 Å². The molecule has 0 nitrogen and oxygen atoms in total. The molecule has 252 valence electrons. The lowest BCUT2D eigenvalue weighted by molar-refractivity contribution is 0.854. The van der Waals surface area contributed by atoms with Crippen molar-refractivity contribution < 1.29 is 0 Å². The van der Waals surface area contributed by atoms with E-state index in [-0.39, 0.29) is 0 Å². The van der Waals surface area contributed by atoms with Crippen LogP contribution < -0.4 is 0 Å². The Balaban J connectivity index is 0.937. The number of hydrogen-bond acceptors (Lipinski definition) is 2. The van der Waals surface area contributed by atoms with E-state index in [9.17, 15) is 0 Å². The predicted octanol–water partition coefficient (Wildman–Crippen LogP) is 15.6. The maximum absolute atomic E-state index is 2.40. The van der Waals surface area contributed by atoms with E-state index in [0.29, 0.717) is 5.92 Å². The van der Waals surface area contributed by atoms with Crippen LogP contribution in [0.4, 0.5) is 0 Å². The smallest absolute Gasteiger partial charge is 0.0362 e. The number of fused-ring (bicyclic) bond motifs is 12. The van der Waals surface area contributed by atoms with E-state index in [1.807, 2.05) is 23.1 Å². The molecule has 1 unspecified atom stereocenters. The molecule has 0 saturated heterocycles. The van der Waals surface area contributed by atoms with Crippen molar-refractivity contribution in [3.05, 3.63) is 192 Å². The van der Waals surface area contributed by atoms with Gasteiger partial charge in [0.15, 0.2) is 0 Å². The van der Waals surface area contributed by atoms with Crippen molar-refractivity contribution in [2.24, 2.45) is 0 Å². The van der Waals surface area contributed by atoms with E-state index in [1.54, 1.807) is 0 Å². The molecule has 2 heteroatoms. The van der Waals surface area contributed by atoms with E-state index >= 15 is 0 Å². The molecule has 0 N–H and O–H groups in total. The lowest BCUT2D eigenvalue weighted by Crippen LogP contribution is -2.02. The summed E-state index contributed by atoms with van der Waals surface area (Å²) in [4.78, 5) is 2.92. The highest BCUT2D eigenvalue weighted by atomic mass is 32.2. The van der Waals surface area contributed by atoms with Gasteiger partial charge < -0.3 is 0 Å². The van der Waals surface area contributed by atoms with Crippen molar-refractivity contribution in [1.82, 2.24) is 0 Å². The first kappa shape index (κ1) is 30.5. The predicted molar refractivity (Wildman–Crippen MR) is 236 cm³/mol. The monoisotopic (exact) mass is 720 g/mol. The molecule has 1 aromatic heterocycles. The fourth-order valence-corrected chi connectivity index (χ4v) is 11.8. The molecule has 1 atom stereocenters. The zero-order valence-corrected chi connectivity index (χ0v) is 31.0. The van der Waals surface area contributed by atoms with Crippen molar-refractivity contribution >= 4 is 91.9 Å². The van der Waals surface area contributed by atoms with Gasteiger partial charge in [0.1, 0.15) is 0 Å². The standard InChI is InChI=1S/C52H32S2/c1-2-10-35-29-37(22-19-31(35)9-1)49-40-13-5-3-11-38(40)48(39-12-4-6-14-41(39)49)33-20-17-32(18-21-33)36-25-27-46-44(30-36)42-26-23-34-24-28-47-51(50(34)52(42)54-46)43-15-7-8-16-45(43)53-47/h1-29,44H,30H2. The minimum absolute atomic E-state index is 0.393. The highest BCUT2D eigenvalue weighted by molar-refractivity contribution is 8.03. The van der Waals surface area contributed by atoms with Crippen LogP contribution in [0.25, 0.3) is 91.1 Å². The summed E-state index contributed by atoms with van der Waals surface area (Å²) in [5.74, 6) is 0.393. The van der Waals surface area contributed by atoms with Gasteiger partial charge in [-0.1, -0.05) is 170 Å². The third-order valence-electron chi connectivity index (χ3n) is 11.8. The van der Waals surface area contributed by atoms with Crippen molar-refractivity contribution in [2.45, 2.75) is 17.2 Å². The van der Waals surface area contributed by atoms with Crippen LogP contribution in [0.2, 0.25) is 0 Å². The van der Waals surface area contributed by atoms with Crippen LogP contribution in [-0.2, 0) is 0 Å². The molecule has 0 radical (unpaired) electrons. The summed E-state index contributed by atoms with van der Waals surface area (Å²) in [7, 11) is 0. The molecule has 0 amide bonds. The summed E-state index contributed by atoms with van der Waals surface area (Å²) < 4.78 is 2.75. The Morgan fingerprint density at radius 2 is 1.02 bits per heavy atom. The third kappa shape index (κ3) is 4.51. The average Bonchev–Trinajstić information content (AvgIpc) is 3.81. The van der Waals surface area contributed by atoms with Crippen LogP contribution in [0.3, 0.4) is 0 Å². The molecule has 1 aliphatic carbocycles. The first-order chi connectivity index (χ1) is 26.8. The van der Waals surface area contributed by atoms with E-state index in [1.165, 1.54) is 112 Å². The van der Waals surface area contributed by atoms with Gasteiger partial charge in [0.25, 0.3) is 0 Å². The van der Waals surface area contributed by atoms with E-state index < -0.39 is 0 Å². The molecular weight excluding hydrogens is 689 g/mol. The zero-order chi connectivity index (χ0) is 35.3. The zero-order valence-electron chi connectivity index (χ0n) is 29.3. The molecule has 12 rings (SSSR count). The van der Waals surface area contributed by atoms with Crippen LogP contribution in [-0.4, -0.2) is 0 Å². The van der Waals surface area contributed by atoms with Crippen molar-refractivity contribution in [1.29, 1.82) is 0 Å². The Hall–Kier alpha value is -5.93. The Morgan fingerprint density at radius 3 is 1.78 bits per heavy atom. The molecule has 10 aromatic rings. The minimum Gasteiger partial charge on any atom is -0.135 e. The van der Waals surface area contributed by atoms with Gasteiger partial charge in [-0.2, -0.15) is 0 Å². The molecule has 0 fully saturated rings. The first-order valence-electron chi connectivity index (χ1n) is 18.8. The van der Waals surface area contributed by atoms with Crippen LogP contribution in [0.15, 0.2) is 186 Å². The van der Waals surface area contributed by atoms with Gasteiger partial charge in [-0.25, -0.2) is 0 Å². The molecule has 0 spiro atoms. The van der Waals surface area contributed by atoms with Crippen LogP contribution in [0, 0.1) is 0 Å². The number of thiophene rings is 1. The van der Waals surface area contributed by atoms with Crippen LogP contribution in [0.5, 0.6) is 0 Å². The number of rotatable bonds is 3. The van der Waals surface area contributed by atoms with Gasteiger partial charge in [-0.15, -0.1) is 11.3 Å². The molecule has 0 saturated carbocycles. The van der Waals surface area contributed by atoms with Crippen molar-refractivity contribution in [2.75, 3.05) is 0 Å². The first-order valence-corrected chi connectivity index (χ1v) is 20.4. The summed E-state index contributed by atoms with van der Waals surface area (Å²) in [6.07, 6.45) is 5.79. The topological polar surface area (TPSA) is 0 Å². The Bertz CT molecular complexity index is 3210. The van der Waals surface area contributed by atoms with Crippen molar-refractivity contribution in [3.63, 3.8) is 0 Å². The minimum atomic E-state index is 0.393. The molecule has 9 aromatic carbocycles. The number of benzene rings is 9. The Kier molecular flexibility index (Phi) is 6.66. The average molecular weight is 721 g/mol. The maximum Gasteiger partial charge on any atom is 0.0362 e. The molecule has 0 bridgehead atoms. The number of hydrogen-bond donors (Lipinski definition) is 0. The second-order valence-electron chi connectivity index (χ2n) is 14.7. The highest BCUT2D eigenvalue weighted by Crippen LogP contribution is 2.57. The summed E-state index contributed by atoms with van der Waals surface area (Å²) in [6.45, 7) is 0. The number of allylic oxidation sites excluding steroid dienone is 4. The van der Waals surface area contributed by atoms with Gasteiger partial charge in [0, 0.05) is 36.4 Å². The summed E-state index contributed by atoms with van der Waals surface area (Å²) in [5, 5.41) is 13.3. The molecule has 2 aliphatic rings. The van der Waals surface area contributed by atoms with E-state index in [4.69, 9.17) is 0 Å². The van der Waals surface area contributed by atoms with Gasteiger partial charge >= 0.3 is 0 Å². The van der Waals surface area contributed by atoms with Gasteiger partial charge in [0.2, 0.25) is 0 Å². The molecule has 1 aliphatic heterocycles. The third-order valence-corrected chi connectivity index (χ3v) is 14.3. The fraction of sp³-hybridized carbons (Fsp3) is 0.0385. The second-order valence-corrected chi connectivity index (χ2v) is 16.9. The normalized spacial score (nSPS) is 15.3. The molecule has 54 heavy (non-hydrogen) atoms. The second kappa shape index (κ2) is 11.8. The van der Waals surface area contributed by atoms with Gasteiger partial charge in [0.05, 0.1) is 0 Å². The summed E-state index contributed by atoms with van der Waals surface area (Å²) in [6, 6.07) is 61.2. The van der Waals surface area contributed by atoms with Gasteiger partial charge in [-0.3, -0.25) is 0 Å². The molecule has 2 heterocycles. The van der Waals surface area contributed by atoms with Crippen molar-refractivity contribution in [3.8, 4) is 22.3 Å². The van der Waals surface area contributed by atoms with Crippen LogP contribution in [0.1, 0.15) is 23.5 Å². The highest BCUT2D eigenvalue weighted by Gasteiger charge is 2.33. The van der Waals surface area contributed by atoms with Gasteiger partial charge in [-0.05, 0) is 106 Å². The molecular formula is C52H32S2. The van der Waals surface area contributed by atoms with E-state index in [0.717, 1.165) is 6.42 Å².